The monoisotopic (exact) mass is 169 g/mol. The number of likely N-dealkylation sites (tertiary alicyclic amines) is 1. The van der Waals surface area contributed by atoms with Gasteiger partial charge in [-0.25, -0.2) is 0 Å². The van der Waals surface area contributed by atoms with Gasteiger partial charge in [0.25, 0.3) is 0 Å². The molecule has 0 aromatic carbocycles. The Morgan fingerprint density at radius 2 is 2.17 bits per heavy atom. The maximum Gasteiger partial charge on any atom is 0.0443 e. The Bertz CT molecular complexity index is 149. The highest BCUT2D eigenvalue weighted by molar-refractivity contribution is 4.91. The van der Waals surface area contributed by atoms with E-state index in [1.165, 1.54) is 32.2 Å². The van der Waals surface area contributed by atoms with E-state index in [2.05, 4.69) is 4.90 Å². The zero-order valence-corrected chi connectivity index (χ0v) is 7.71. The van der Waals surface area contributed by atoms with Gasteiger partial charge < -0.3 is 10.0 Å². The average Bonchev–Trinajstić information content (AvgIpc) is 2.62. The molecule has 0 radical (unpaired) electrons. The van der Waals surface area contributed by atoms with E-state index < -0.39 is 0 Å². The van der Waals surface area contributed by atoms with Gasteiger partial charge in [0.15, 0.2) is 0 Å². The molecule has 2 fully saturated rings. The summed E-state index contributed by atoms with van der Waals surface area (Å²) >= 11 is 0. The fourth-order valence-corrected chi connectivity index (χ4v) is 2.88. The van der Waals surface area contributed by atoms with Crippen molar-refractivity contribution < 1.29 is 5.11 Å². The van der Waals surface area contributed by atoms with E-state index in [0.717, 1.165) is 24.9 Å². The number of nitrogens with zero attached hydrogens (tertiary/aromatic N) is 1. The number of rotatable bonds is 3. The van der Waals surface area contributed by atoms with Crippen molar-refractivity contribution in [1.29, 1.82) is 0 Å². The Kier molecular flexibility index (Phi) is 2.66. The SMILES string of the molecule is OCCCN1CCC2CCCC21. The minimum Gasteiger partial charge on any atom is -0.396 e. The lowest BCUT2D eigenvalue weighted by Gasteiger charge is -2.22. The molecule has 0 spiro atoms. The van der Waals surface area contributed by atoms with Gasteiger partial charge in [-0.1, -0.05) is 6.42 Å². The van der Waals surface area contributed by atoms with Crippen molar-refractivity contribution in [2.45, 2.75) is 38.1 Å². The molecule has 2 atom stereocenters. The summed E-state index contributed by atoms with van der Waals surface area (Å²) in [4.78, 5) is 2.59. The minimum absolute atomic E-state index is 0.355. The molecule has 2 aliphatic rings. The minimum atomic E-state index is 0.355. The topological polar surface area (TPSA) is 23.5 Å². The molecule has 2 nitrogen and oxygen atoms in total. The summed E-state index contributed by atoms with van der Waals surface area (Å²) in [5, 5.41) is 8.74. The maximum absolute atomic E-state index is 8.74. The van der Waals surface area contributed by atoms with E-state index in [1.54, 1.807) is 0 Å². The van der Waals surface area contributed by atoms with Crippen LogP contribution in [-0.4, -0.2) is 35.7 Å². The van der Waals surface area contributed by atoms with E-state index in [9.17, 15) is 0 Å². The lowest BCUT2D eigenvalue weighted by molar-refractivity contribution is 0.205. The molecular formula is C10H19NO. The van der Waals surface area contributed by atoms with Gasteiger partial charge in [0.2, 0.25) is 0 Å². The summed E-state index contributed by atoms with van der Waals surface area (Å²) in [6, 6.07) is 0.886. The Hall–Kier alpha value is -0.0800. The molecular weight excluding hydrogens is 150 g/mol. The second-order valence-electron chi connectivity index (χ2n) is 4.16. The van der Waals surface area contributed by atoms with E-state index in [-0.39, 0.29) is 0 Å². The number of fused-ring (bicyclic) bond motifs is 1. The fourth-order valence-electron chi connectivity index (χ4n) is 2.88. The van der Waals surface area contributed by atoms with Crippen LogP contribution in [0.3, 0.4) is 0 Å². The van der Waals surface area contributed by atoms with Crippen LogP contribution in [0.1, 0.15) is 32.1 Å². The number of aliphatic hydroxyl groups excluding tert-OH is 1. The average molecular weight is 169 g/mol. The van der Waals surface area contributed by atoms with Crippen LogP contribution < -0.4 is 0 Å². The quantitative estimate of drug-likeness (QED) is 0.687. The first-order chi connectivity index (χ1) is 5.92. The van der Waals surface area contributed by atoms with Crippen molar-refractivity contribution in [3.05, 3.63) is 0 Å². The van der Waals surface area contributed by atoms with Gasteiger partial charge in [0, 0.05) is 19.2 Å². The molecule has 1 saturated carbocycles. The molecule has 0 aromatic heterocycles. The van der Waals surface area contributed by atoms with Crippen LogP contribution in [0.4, 0.5) is 0 Å². The molecule has 2 unspecified atom stereocenters. The van der Waals surface area contributed by atoms with Gasteiger partial charge in [0.1, 0.15) is 0 Å². The first-order valence-electron chi connectivity index (χ1n) is 5.26. The molecule has 0 amide bonds. The van der Waals surface area contributed by atoms with Gasteiger partial charge in [-0.2, -0.15) is 0 Å². The largest absolute Gasteiger partial charge is 0.396 e. The lowest BCUT2D eigenvalue weighted by atomic mass is 10.0. The Labute approximate surface area is 74.6 Å². The highest BCUT2D eigenvalue weighted by atomic mass is 16.3. The number of hydrogen-bond donors (Lipinski definition) is 1. The van der Waals surface area contributed by atoms with Crippen LogP contribution in [0, 0.1) is 5.92 Å². The van der Waals surface area contributed by atoms with E-state index in [1.807, 2.05) is 0 Å². The summed E-state index contributed by atoms with van der Waals surface area (Å²) in [6.45, 7) is 2.76. The first-order valence-corrected chi connectivity index (χ1v) is 5.26. The number of aliphatic hydroxyl groups is 1. The molecule has 1 aliphatic carbocycles. The Balaban J connectivity index is 1.83. The Morgan fingerprint density at radius 1 is 1.25 bits per heavy atom. The normalized spacial score (nSPS) is 35.8. The molecule has 1 heterocycles. The third-order valence-corrected chi connectivity index (χ3v) is 3.48. The summed E-state index contributed by atoms with van der Waals surface area (Å²) in [5.41, 5.74) is 0. The Morgan fingerprint density at radius 3 is 3.00 bits per heavy atom. The molecule has 12 heavy (non-hydrogen) atoms. The fraction of sp³-hybridized carbons (Fsp3) is 1.00. The predicted octanol–water partition coefficient (Wildman–Crippen LogP) is 1.24. The van der Waals surface area contributed by atoms with Crippen molar-refractivity contribution in [3.63, 3.8) is 0 Å². The summed E-state index contributed by atoms with van der Waals surface area (Å²) in [6.07, 6.45) is 6.68. The highest BCUT2D eigenvalue weighted by Gasteiger charge is 2.36. The summed E-state index contributed by atoms with van der Waals surface area (Å²) in [7, 11) is 0. The molecule has 1 N–H and O–H groups in total. The van der Waals surface area contributed by atoms with E-state index >= 15 is 0 Å². The van der Waals surface area contributed by atoms with E-state index in [4.69, 9.17) is 5.11 Å². The molecule has 2 heteroatoms. The second kappa shape index (κ2) is 3.75. The van der Waals surface area contributed by atoms with Crippen LogP contribution >= 0.6 is 0 Å². The van der Waals surface area contributed by atoms with Crippen molar-refractivity contribution in [3.8, 4) is 0 Å². The van der Waals surface area contributed by atoms with Crippen LogP contribution in [-0.2, 0) is 0 Å². The van der Waals surface area contributed by atoms with Gasteiger partial charge in [-0.3, -0.25) is 0 Å². The summed E-state index contributed by atoms with van der Waals surface area (Å²) < 4.78 is 0. The van der Waals surface area contributed by atoms with Gasteiger partial charge in [-0.05, 0) is 38.1 Å². The highest BCUT2D eigenvalue weighted by Crippen LogP contribution is 2.37. The van der Waals surface area contributed by atoms with Crippen LogP contribution in [0.15, 0.2) is 0 Å². The van der Waals surface area contributed by atoms with Crippen molar-refractivity contribution in [1.82, 2.24) is 4.90 Å². The third-order valence-electron chi connectivity index (χ3n) is 3.48. The third kappa shape index (κ3) is 1.50. The molecule has 1 aliphatic heterocycles. The van der Waals surface area contributed by atoms with E-state index in [0.29, 0.717) is 6.61 Å². The van der Waals surface area contributed by atoms with Gasteiger partial charge in [-0.15, -0.1) is 0 Å². The molecule has 0 aromatic rings. The molecule has 70 valence electrons. The zero-order chi connectivity index (χ0) is 8.39. The second-order valence-corrected chi connectivity index (χ2v) is 4.16. The van der Waals surface area contributed by atoms with Crippen molar-refractivity contribution in [2.24, 2.45) is 5.92 Å². The smallest absolute Gasteiger partial charge is 0.0443 e. The molecule has 1 saturated heterocycles. The number of hydrogen-bond acceptors (Lipinski definition) is 2. The molecule has 2 rings (SSSR count). The predicted molar refractivity (Wildman–Crippen MR) is 49.0 cm³/mol. The van der Waals surface area contributed by atoms with Crippen LogP contribution in [0.2, 0.25) is 0 Å². The van der Waals surface area contributed by atoms with Crippen molar-refractivity contribution >= 4 is 0 Å². The zero-order valence-electron chi connectivity index (χ0n) is 7.71. The lowest BCUT2D eigenvalue weighted by Crippen LogP contribution is -2.31. The first kappa shape index (κ1) is 8.52. The standard InChI is InChI=1S/C10H19NO/c12-8-2-6-11-7-5-9-3-1-4-10(9)11/h9-10,12H,1-8H2. The van der Waals surface area contributed by atoms with Crippen molar-refractivity contribution in [2.75, 3.05) is 19.7 Å². The maximum atomic E-state index is 8.74. The molecule has 0 bridgehead atoms. The summed E-state index contributed by atoms with van der Waals surface area (Å²) in [5.74, 6) is 1.00. The van der Waals surface area contributed by atoms with Gasteiger partial charge >= 0.3 is 0 Å². The van der Waals surface area contributed by atoms with Crippen LogP contribution in [0.5, 0.6) is 0 Å². The van der Waals surface area contributed by atoms with Gasteiger partial charge in [0.05, 0.1) is 0 Å². The van der Waals surface area contributed by atoms with Crippen LogP contribution in [0.25, 0.3) is 0 Å².